The van der Waals surface area contributed by atoms with Gasteiger partial charge in [0.1, 0.15) is 5.56 Å². The first-order valence-electron chi connectivity index (χ1n) is 10.3. The zero-order chi connectivity index (χ0) is 25.8. The van der Waals surface area contributed by atoms with Gasteiger partial charge < -0.3 is 31.6 Å². The minimum atomic E-state index is -4.32. The summed E-state index contributed by atoms with van der Waals surface area (Å²) in [6, 6.07) is 9.34. The Bertz CT molecular complexity index is 1400. The lowest BCUT2D eigenvalue weighted by Gasteiger charge is -2.26. The highest BCUT2D eigenvalue weighted by Gasteiger charge is 2.26. The summed E-state index contributed by atoms with van der Waals surface area (Å²) in [6.45, 7) is 3.51. The van der Waals surface area contributed by atoms with Gasteiger partial charge in [-0.3, -0.25) is 19.1 Å². The van der Waals surface area contributed by atoms with Crippen molar-refractivity contribution >= 4 is 38.0 Å². The number of pyridine rings is 1. The number of nitrogens with two attached hydrogens (primary N) is 2. The fourth-order valence-corrected chi connectivity index (χ4v) is 3.66. The Morgan fingerprint density at radius 3 is 2.31 bits per heavy atom. The number of rotatable bonds is 7. The molecule has 0 fully saturated rings. The Labute approximate surface area is 214 Å². The summed E-state index contributed by atoms with van der Waals surface area (Å²) in [6.07, 6.45) is 6.95. The van der Waals surface area contributed by atoms with Crippen LogP contribution in [0.25, 0.3) is 17.0 Å². The Kier molecular flexibility index (Phi) is 9.00. The summed E-state index contributed by atoms with van der Waals surface area (Å²) in [4.78, 5) is 54.6. The van der Waals surface area contributed by atoms with E-state index in [9.17, 15) is 23.9 Å². The smallest absolute Gasteiger partial charge is 0.356 e. The Balaban J connectivity index is 0.00000456. The Morgan fingerprint density at radius 1 is 1.11 bits per heavy atom. The van der Waals surface area contributed by atoms with Crippen molar-refractivity contribution in [1.29, 1.82) is 0 Å². The SMILES string of the molecule is CC(C)(NC(=O)c1cnc(/C(N)=C/C=C\N)[nH]c1=O)c1ccc(-c2ccc(P(=O)(O)O)cc2)nc1.S. The molecule has 0 unspecified atom stereocenters. The van der Waals surface area contributed by atoms with E-state index in [2.05, 4.69) is 20.3 Å². The molecule has 11 nitrogen and oxygen atoms in total. The number of H-pyrrole nitrogens is 1. The molecule has 36 heavy (non-hydrogen) atoms. The van der Waals surface area contributed by atoms with Gasteiger partial charge in [-0.1, -0.05) is 18.2 Å². The highest BCUT2D eigenvalue weighted by molar-refractivity contribution is 7.60. The third kappa shape index (κ3) is 6.70. The number of carbonyl (C=O) groups is 1. The number of nitrogens with zero attached hydrogens (tertiary/aromatic N) is 2. The van der Waals surface area contributed by atoms with Crippen molar-refractivity contribution in [3.8, 4) is 11.3 Å². The topological polar surface area (TPSA) is 197 Å². The largest absolute Gasteiger partial charge is 0.405 e. The van der Waals surface area contributed by atoms with Crippen LogP contribution in [0.3, 0.4) is 0 Å². The van der Waals surface area contributed by atoms with Gasteiger partial charge in [-0.05, 0) is 56.0 Å². The molecule has 0 atom stereocenters. The van der Waals surface area contributed by atoms with Crippen LogP contribution in [0.5, 0.6) is 0 Å². The number of benzene rings is 1. The van der Waals surface area contributed by atoms with Gasteiger partial charge >= 0.3 is 7.60 Å². The monoisotopic (exact) mass is 530 g/mol. The zero-order valence-corrected chi connectivity index (χ0v) is 21.4. The van der Waals surface area contributed by atoms with Crippen molar-refractivity contribution in [2.45, 2.75) is 19.4 Å². The van der Waals surface area contributed by atoms with Crippen molar-refractivity contribution in [1.82, 2.24) is 20.3 Å². The average Bonchev–Trinajstić information content (AvgIpc) is 2.81. The van der Waals surface area contributed by atoms with Crippen LogP contribution in [0.2, 0.25) is 0 Å². The number of allylic oxidation sites excluding steroid dienone is 2. The van der Waals surface area contributed by atoms with E-state index in [4.69, 9.17) is 11.5 Å². The van der Waals surface area contributed by atoms with Crippen molar-refractivity contribution in [2.75, 3.05) is 0 Å². The fraction of sp³-hybridized carbons (Fsp3) is 0.130. The Morgan fingerprint density at radius 2 is 1.78 bits per heavy atom. The summed E-state index contributed by atoms with van der Waals surface area (Å²) in [7, 11) is -4.32. The molecule has 3 aromatic rings. The second kappa shape index (κ2) is 11.4. The maximum atomic E-state index is 12.8. The molecule has 0 aliphatic heterocycles. The van der Waals surface area contributed by atoms with E-state index in [1.807, 2.05) is 0 Å². The quantitative estimate of drug-likeness (QED) is 0.192. The molecule has 13 heteroatoms. The van der Waals surface area contributed by atoms with E-state index in [0.29, 0.717) is 16.8 Å². The van der Waals surface area contributed by atoms with Crippen LogP contribution in [0, 0.1) is 0 Å². The highest BCUT2D eigenvalue weighted by atomic mass is 32.1. The number of nitrogens with one attached hydrogen (secondary N) is 2. The lowest BCUT2D eigenvalue weighted by atomic mass is 9.95. The summed E-state index contributed by atoms with van der Waals surface area (Å²) in [5.74, 6) is -0.519. The van der Waals surface area contributed by atoms with Crippen LogP contribution in [-0.2, 0) is 10.1 Å². The van der Waals surface area contributed by atoms with Gasteiger partial charge in [-0.15, -0.1) is 0 Å². The van der Waals surface area contributed by atoms with Gasteiger partial charge in [0.2, 0.25) is 0 Å². The molecule has 2 heterocycles. The number of hydrogen-bond acceptors (Lipinski definition) is 7. The van der Waals surface area contributed by atoms with E-state index in [-0.39, 0.29) is 35.9 Å². The van der Waals surface area contributed by atoms with Crippen LogP contribution in [-0.4, -0.2) is 30.6 Å². The van der Waals surface area contributed by atoms with Gasteiger partial charge in [-0.2, -0.15) is 13.5 Å². The fourth-order valence-electron chi connectivity index (χ4n) is 3.13. The van der Waals surface area contributed by atoms with Gasteiger partial charge in [0.05, 0.1) is 22.2 Å². The van der Waals surface area contributed by atoms with Crippen molar-refractivity contribution in [3.63, 3.8) is 0 Å². The van der Waals surface area contributed by atoms with Gasteiger partial charge in [0, 0.05) is 18.0 Å². The molecule has 0 radical (unpaired) electrons. The number of aromatic nitrogens is 3. The second-order valence-corrected chi connectivity index (χ2v) is 9.69. The maximum absolute atomic E-state index is 12.8. The molecule has 0 saturated heterocycles. The molecule has 0 aliphatic carbocycles. The molecule has 0 aliphatic rings. The second-order valence-electron chi connectivity index (χ2n) is 8.08. The predicted molar refractivity (Wildman–Crippen MR) is 143 cm³/mol. The summed E-state index contributed by atoms with van der Waals surface area (Å²) in [5, 5.41) is 2.72. The first-order chi connectivity index (χ1) is 16.4. The lowest BCUT2D eigenvalue weighted by Crippen LogP contribution is -2.43. The van der Waals surface area contributed by atoms with Crippen molar-refractivity contribution in [3.05, 3.63) is 94.4 Å². The Hall–Kier alpha value is -3.70. The first-order valence-corrected chi connectivity index (χ1v) is 11.9. The minimum Gasteiger partial charge on any atom is -0.405 e. The molecule has 3 rings (SSSR count). The first kappa shape index (κ1) is 28.5. The molecular formula is C23H27N6O5PS. The predicted octanol–water partition coefficient (Wildman–Crippen LogP) is 1.18. The van der Waals surface area contributed by atoms with Gasteiger partial charge in [-0.25, -0.2) is 4.98 Å². The maximum Gasteiger partial charge on any atom is 0.356 e. The number of amides is 1. The van der Waals surface area contributed by atoms with E-state index in [0.717, 1.165) is 6.20 Å². The third-order valence-corrected chi connectivity index (χ3v) is 6.09. The number of aromatic amines is 1. The molecule has 0 saturated carbocycles. The minimum absolute atomic E-state index is 0. The zero-order valence-electron chi connectivity index (χ0n) is 19.5. The summed E-state index contributed by atoms with van der Waals surface area (Å²) < 4.78 is 11.3. The molecule has 2 aromatic heterocycles. The normalized spacial score (nSPS) is 12.3. The molecule has 0 spiro atoms. The van der Waals surface area contributed by atoms with E-state index in [1.165, 1.54) is 30.5 Å². The van der Waals surface area contributed by atoms with Crippen LogP contribution in [0.1, 0.15) is 35.6 Å². The van der Waals surface area contributed by atoms with E-state index in [1.54, 1.807) is 44.3 Å². The number of carbonyl (C=O) groups excluding carboxylic acids is 1. The van der Waals surface area contributed by atoms with Crippen LogP contribution < -0.4 is 27.6 Å². The molecular weight excluding hydrogens is 503 g/mol. The van der Waals surface area contributed by atoms with Crippen LogP contribution in [0.4, 0.5) is 0 Å². The van der Waals surface area contributed by atoms with Crippen LogP contribution in [0.15, 0.2) is 71.9 Å². The standard InChI is InChI=1S/C23H25N6O5P.H2S/c1-23(2,29-22(31)17-13-27-20(28-21(17)30)18(25)4-3-11-24)15-7-10-19(26-12-15)14-5-8-16(9-6-14)35(32,33)34;/h3-13H,24-25H2,1-2H3,(H,29,31)(H,27,28,30)(H2,32,33,34);1H2/b11-3-,18-4-;. The molecule has 0 bridgehead atoms. The summed E-state index contributed by atoms with van der Waals surface area (Å²) >= 11 is 0. The van der Waals surface area contributed by atoms with Gasteiger partial charge in [0.25, 0.3) is 11.5 Å². The highest BCUT2D eigenvalue weighted by Crippen LogP contribution is 2.33. The van der Waals surface area contributed by atoms with E-state index >= 15 is 0 Å². The van der Waals surface area contributed by atoms with Crippen molar-refractivity contribution < 1.29 is 19.1 Å². The summed E-state index contributed by atoms with van der Waals surface area (Å²) in [5.41, 5.74) is 11.5. The van der Waals surface area contributed by atoms with Gasteiger partial charge in [0.15, 0.2) is 5.82 Å². The number of hydrogen-bond donors (Lipinski definition) is 6. The molecule has 190 valence electrons. The molecule has 1 amide bonds. The molecule has 8 N–H and O–H groups in total. The molecule has 1 aromatic carbocycles. The third-order valence-electron chi connectivity index (χ3n) is 5.11. The lowest BCUT2D eigenvalue weighted by molar-refractivity contribution is 0.0910. The van der Waals surface area contributed by atoms with E-state index < -0.39 is 24.6 Å². The van der Waals surface area contributed by atoms with Crippen LogP contribution >= 0.6 is 21.1 Å². The average molecular weight is 531 g/mol. The van der Waals surface area contributed by atoms with Crippen molar-refractivity contribution in [2.24, 2.45) is 11.5 Å².